The van der Waals surface area contributed by atoms with Crippen molar-refractivity contribution in [2.45, 2.75) is 160 Å². The molecule has 58 heavy (non-hydrogen) atoms. The van der Waals surface area contributed by atoms with Gasteiger partial charge in [-0.15, -0.1) is 0 Å². The lowest BCUT2D eigenvalue weighted by atomic mass is 9.75. The van der Waals surface area contributed by atoms with E-state index in [9.17, 15) is 20.1 Å². The van der Waals surface area contributed by atoms with Crippen LogP contribution in [0.25, 0.3) is 0 Å². The number of hydrogen-bond donors (Lipinski definition) is 3. The lowest BCUT2D eigenvalue weighted by Crippen LogP contribution is -2.61. The van der Waals surface area contributed by atoms with Crippen LogP contribution in [-0.4, -0.2) is 165 Å². The molecule has 0 radical (unpaired) electrons. The Kier molecular flexibility index (Phi) is 18.0. The van der Waals surface area contributed by atoms with E-state index in [2.05, 4.69) is 4.90 Å². The number of carbonyl (C=O) groups excluding carboxylic acids is 1. The first kappa shape index (κ1) is 48.9. The average Bonchev–Trinajstić information content (AvgIpc) is 3.19. The summed E-state index contributed by atoms with van der Waals surface area (Å²) in [4.78, 5) is 18.4. The van der Waals surface area contributed by atoms with E-state index in [0.717, 1.165) is 5.56 Å². The van der Waals surface area contributed by atoms with E-state index in [4.69, 9.17) is 37.9 Å². The summed E-state index contributed by atoms with van der Waals surface area (Å²) in [6.45, 7) is 16.4. The Morgan fingerprint density at radius 3 is 2.16 bits per heavy atom. The van der Waals surface area contributed by atoms with Crippen LogP contribution < -0.4 is 0 Å². The number of nitrogens with zero attached hydrogens (tertiary/aromatic N) is 2. The van der Waals surface area contributed by atoms with Gasteiger partial charge in [-0.1, -0.05) is 51.1 Å². The van der Waals surface area contributed by atoms with E-state index in [-0.39, 0.29) is 43.1 Å². The largest absolute Gasteiger partial charge is 0.464 e. The minimum atomic E-state index is -1.08. The third-order valence-electron chi connectivity index (χ3n) is 13.2. The highest BCUT2D eigenvalue weighted by atomic mass is 16.7. The molecule has 17 atom stereocenters. The second-order valence-electron chi connectivity index (χ2n) is 18.2. The van der Waals surface area contributed by atoms with Crippen molar-refractivity contribution in [2.75, 3.05) is 55.1 Å². The molecule has 3 saturated heterocycles. The third-order valence-corrected chi connectivity index (χ3v) is 13.2. The molecule has 0 aliphatic carbocycles. The Morgan fingerprint density at radius 2 is 1.53 bits per heavy atom. The monoisotopic (exact) mass is 825 g/mol. The van der Waals surface area contributed by atoms with Crippen molar-refractivity contribution in [1.82, 2.24) is 9.80 Å². The summed E-state index contributed by atoms with van der Waals surface area (Å²) in [6, 6.07) is 9.35. The van der Waals surface area contributed by atoms with Crippen LogP contribution in [0, 0.1) is 23.7 Å². The van der Waals surface area contributed by atoms with Crippen LogP contribution in [0.5, 0.6) is 0 Å². The van der Waals surface area contributed by atoms with E-state index in [1.165, 1.54) is 0 Å². The Balaban J connectivity index is 1.76. The van der Waals surface area contributed by atoms with Crippen LogP contribution in [0.4, 0.5) is 0 Å². The van der Waals surface area contributed by atoms with E-state index >= 15 is 0 Å². The minimum absolute atomic E-state index is 0.0421. The molecule has 3 aliphatic rings. The second-order valence-corrected chi connectivity index (χ2v) is 18.2. The third kappa shape index (κ3) is 12.0. The fourth-order valence-electron chi connectivity index (χ4n) is 9.24. The number of benzene rings is 1. The number of rotatable bonds is 11. The minimum Gasteiger partial charge on any atom is -0.464 e. The molecule has 1 aromatic carbocycles. The summed E-state index contributed by atoms with van der Waals surface area (Å²) in [5, 5.41) is 34.6. The summed E-state index contributed by atoms with van der Waals surface area (Å²) >= 11 is 0. The van der Waals surface area contributed by atoms with Gasteiger partial charge in [-0.25, -0.2) is 0 Å². The maximum Gasteiger partial charge on any atom is 0.311 e. The molecule has 1 aromatic rings. The second kappa shape index (κ2) is 21.3. The molecule has 14 heteroatoms. The predicted octanol–water partition coefficient (Wildman–Crippen LogP) is 3.86. The van der Waals surface area contributed by atoms with Gasteiger partial charge in [0.1, 0.15) is 18.8 Å². The van der Waals surface area contributed by atoms with Crippen molar-refractivity contribution in [2.24, 2.45) is 23.7 Å². The quantitative estimate of drug-likeness (QED) is 0.277. The van der Waals surface area contributed by atoms with Gasteiger partial charge in [-0.05, 0) is 86.0 Å². The molecule has 14 nitrogen and oxygen atoms in total. The molecule has 3 aliphatic heterocycles. The molecule has 0 unspecified atom stereocenters. The first-order chi connectivity index (χ1) is 27.2. The van der Waals surface area contributed by atoms with Gasteiger partial charge in [0.2, 0.25) is 0 Å². The van der Waals surface area contributed by atoms with Crippen LogP contribution in [0.2, 0.25) is 0 Å². The summed E-state index contributed by atoms with van der Waals surface area (Å²) in [6.07, 6.45) is -5.97. The maximum absolute atomic E-state index is 14.4. The number of carbonyl (C=O) groups is 1. The van der Waals surface area contributed by atoms with Crippen LogP contribution >= 0.6 is 0 Å². The molecule has 4 rings (SSSR count). The van der Waals surface area contributed by atoms with Crippen molar-refractivity contribution in [3.05, 3.63) is 35.9 Å². The van der Waals surface area contributed by atoms with Crippen molar-refractivity contribution >= 4 is 5.97 Å². The first-order valence-electron chi connectivity index (χ1n) is 21.2. The Morgan fingerprint density at radius 1 is 0.879 bits per heavy atom. The zero-order valence-corrected chi connectivity index (χ0v) is 37.4. The molecule has 0 aromatic heterocycles. The molecular formula is C44H76N2O12. The summed E-state index contributed by atoms with van der Waals surface area (Å²) in [7, 11) is 8.95. The molecule has 0 spiro atoms. The number of methoxy groups -OCH3 is 2. The number of aliphatic hydroxyl groups excluding tert-OH is 3. The zero-order valence-electron chi connectivity index (χ0n) is 37.4. The molecule has 334 valence electrons. The van der Waals surface area contributed by atoms with Crippen LogP contribution in [-0.2, 0) is 49.3 Å². The smallest absolute Gasteiger partial charge is 0.311 e. The van der Waals surface area contributed by atoms with Gasteiger partial charge < -0.3 is 58.1 Å². The fourth-order valence-corrected chi connectivity index (χ4v) is 9.24. The normalized spacial score (nSPS) is 43.1. The zero-order chi connectivity index (χ0) is 43.1. The number of cyclic esters (lactones) is 1. The summed E-state index contributed by atoms with van der Waals surface area (Å²) in [5.74, 6) is -2.39. The molecular weight excluding hydrogens is 748 g/mol. The highest BCUT2D eigenvalue weighted by Crippen LogP contribution is 2.41. The van der Waals surface area contributed by atoms with E-state index in [0.29, 0.717) is 32.6 Å². The Labute approximate surface area is 347 Å². The van der Waals surface area contributed by atoms with Gasteiger partial charge in [0.25, 0.3) is 0 Å². The SMILES string of the molecule is CO[C@]1(C)C[C@@H](C)[C@H](O)[C@H](C)CN(C)[C@H](COCc2ccccc2)COC(=O)[C@H](C)[C@@H](O[C@H]2C[C@@](C)(OC)[C@@H](O)[C@H](C)O2)[C@H](C)[C@H]1O[C@@H]1O[C@H](C)C[C@H](N(C)C)[C@H]1O. The lowest BCUT2D eigenvalue weighted by Gasteiger charge is -2.49. The standard InChI is InChI=1S/C44H76N2O12/c1-26-20-44(8,52-13)40(58-42-37(48)34(45(9)10)19-28(3)55-42)29(4)38(57-35-21-43(7,51-12)39(49)31(6)56-35)30(5)41(50)54-25-33(46(11)22-27(2)36(26)47)24-53-23-32-17-15-14-16-18-32/h14-18,26-31,33-40,42,47-49H,19-25H2,1-13H3/t26-,27-,28-,29+,30-,31+,33-,34+,35+,36+,37-,38+,39+,40-,42+,43-,44-/m1/s1. The molecule has 0 bridgehead atoms. The fraction of sp³-hybridized carbons (Fsp3) is 0.841. The van der Waals surface area contributed by atoms with Gasteiger partial charge in [0, 0.05) is 39.1 Å². The highest BCUT2D eigenvalue weighted by Gasteiger charge is 2.52. The highest BCUT2D eigenvalue weighted by molar-refractivity contribution is 5.72. The molecule has 0 amide bonds. The van der Waals surface area contributed by atoms with E-state index in [1.807, 2.05) is 97.9 Å². The topological polar surface area (TPSA) is 158 Å². The number of hydrogen-bond acceptors (Lipinski definition) is 14. The van der Waals surface area contributed by atoms with Crippen molar-refractivity contribution < 1.29 is 58.0 Å². The van der Waals surface area contributed by atoms with Gasteiger partial charge >= 0.3 is 5.97 Å². The van der Waals surface area contributed by atoms with E-state index in [1.54, 1.807) is 28.1 Å². The number of aliphatic hydroxyl groups is 3. The average molecular weight is 825 g/mol. The predicted molar refractivity (Wildman–Crippen MR) is 219 cm³/mol. The van der Waals surface area contributed by atoms with Crippen molar-refractivity contribution in [3.63, 3.8) is 0 Å². The number of likely N-dealkylation sites (N-methyl/N-ethyl adjacent to an activating group) is 2. The van der Waals surface area contributed by atoms with Crippen LogP contribution in [0.1, 0.15) is 80.2 Å². The van der Waals surface area contributed by atoms with Crippen LogP contribution in [0.3, 0.4) is 0 Å². The number of esters is 1. The van der Waals surface area contributed by atoms with Gasteiger partial charge in [-0.2, -0.15) is 0 Å². The van der Waals surface area contributed by atoms with Gasteiger partial charge in [0.15, 0.2) is 12.6 Å². The summed E-state index contributed by atoms with van der Waals surface area (Å²) < 4.78 is 50.9. The van der Waals surface area contributed by atoms with Gasteiger partial charge in [0.05, 0.1) is 66.9 Å². The van der Waals surface area contributed by atoms with Crippen molar-refractivity contribution in [3.8, 4) is 0 Å². The van der Waals surface area contributed by atoms with Crippen molar-refractivity contribution in [1.29, 1.82) is 0 Å². The molecule has 3 fully saturated rings. The van der Waals surface area contributed by atoms with Gasteiger partial charge in [-0.3, -0.25) is 9.69 Å². The molecule has 3 heterocycles. The molecule has 0 saturated carbocycles. The lowest BCUT2D eigenvalue weighted by molar-refractivity contribution is -0.319. The van der Waals surface area contributed by atoms with Crippen LogP contribution in [0.15, 0.2) is 30.3 Å². The molecule has 3 N–H and O–H groups in total. The Hall–Kier alpha value is -1.79. The number of ether oxygens (including phenoxy) is 8. The summed E-state index contributed by atoms with van der Waals surface area (Å²) in [5.41, 5.74) is -1.03. The first-order valence-corrected chi connectivity index (χ1v) is 21.2. The maximum atomic E-state index is 14.4. The Bertz CT molecular complexity index is 1390. The van der Waals surface area contributed by atoms with E-state index < -0.39 is 78.2 Å².